The fourth-order valence-corrected chi connectivity index (χ4v) is 3.36. The molecule has 1 aliphatic heterocycles. The second kappa shape index (κ2) is 5.15. The van der Waals surface area contributed by atoms with E-state index in [4.69, 9.17) is 4.74 Å². The van der Waals surface area contributed by atoms with Gasteiger partial charge in [0.25, 0.3) is 0 Å². The predicted molar refractivity (Wildman–Crippen MR) is 71.0 cm³/mol. The van der Waals surface area contributed by atoms with Crippen molar-refractivity contribution < 1.29 is 19.4 Å². The number of ether oxygens (including phenoxy) is 1. The number of carbonyl (C=O) groups is 2. The predicted octanol–water partition coefficient (Wildman–Crippen LogP) is 2.26. The lowest BCUT2D eigenvalue weighted by molar-refractivity contribution is -0.144. The summed E-state index contributed by atoms with van der Waals surface area (Å²) in [6.45, 7) is 0.180. The van der Waals surface area contributed by atoms with Crippen molar-refractivity contribution in [3.05, 3.63) is 35.9 Å². The molecule has 1 heterocycles. The Labute approximate surface area is 117 Å². The van der Waals surface area contributed by atoms with Gasteiger partial charge in [-0.3, -0.25) is 4.90 Å². The van der Waals surface area contributed by atoms with E-state index in [1.165, 1.54) is 4.90 Å². The number of rotatable bonds is 3. The summed E-state index contributed by atoms with van der Waals surface area (Å²) in [4.78, 5) is 24.9. The molecule has 5 nitrogen and oxygen atoms in total. The van der Waals surface area contributed by atoms with Crippen molar-refractivity contribution in [1.29, 1.82) is 0 Å². The molecule has 3 rings (SSSR count). The smallest absolute Gasteiger partial charge is 0.411 e. The number of likely N-dealkylation sites (tertiary alicyclic amines) is 1. The van der Waals surface area contributed by atoms with Gasteiger partial charge in [-0.15, -0.1) is 0 Å². The third kappa shape index (κ3) is 2.24. The van der Waals surface area contributed by atoms with Gasteiger partial charge in [-0.2, -0.15) is 0 Å². The minimum absolute atomic E-state index is 0.0318. The molecule has 0 aromatic heterocycles. The Balaban J connectivity index is 1.66. The minimum atomic E-state index is -0.922. The summed E-state index contributed by atoms with van der Waals surface area (Å²) in [6, 6.07) is 8.71. The minimum Gasteiger partial charge on any atom is -0.480 e. The van der Waals surface area contributed by atoms with Gasteiger partial charge in [0.2, 0.25) is 0 Å². The lowest BCUT2D eigenvalue weighted by Gasteiger charge is -2.31. The number of carbonyl (C=O) groups excluding carboxylic acids is 1. The highest BCUT2D eigenvalue weighted by Gasteiger charge is 2.52. The number of benzene rings is 1. The normalized spacial score (nSPS) is 27.6. The van der Waals surface area contributed by atoms with E-state index < -0.39 is 18.1 Å². The molecule has 1 N–H and O–H groups in total. The molecule has 5 heteroatoms. The van der Waals surface area contributed by atoms with Crippen molar-refractivity contribution in [2.75, 3.05) is 0 Å². The van der Waals surface area contributed by atoms with Gasteiger partial charge in [-0.1, -0.05) is 30.3 Å². The first kappa shape index (κ1) is 13.0. The summed E-state index contributed by atoms with van der Waals surface area (Å²) in [5.41, 5.74) is 0.900. The highest BCUT2D eigenvalue weighted by atomic mass is 16.6. The van der Waals surface area contributed by atoms with Gasteiger partial charge in [0.15, 0.2) is 0 Å². The quantitative estimate of drug-likeness (QED) is 0.918. The largest absolute Gasteiger partial charge is 0.480 e. The van der Waals surface area contributed by atoms with Gasteiger partial charge >= 0.3 is 12.1 Å². The van der Waals surface area contributed by atoms with Crippen LogP contribution in [0.15, 0.2) is 30.3 Å². The van der Waals surface area contributed by atoms with Gasteiger partial charge in [-0.05, 0) is 30.7 Å². The Morgan fingerprint density at radius 1 is 1.25 bits per heavy atom. The fourth-order valence-electron chi connectivity index (χ4n) is 3.36. The van der Waals surface area contributed by atoms with Crippen molar-refractivity contribution in [2.24, 2.45) is 5.92 Å². The molecule has 0 radical (unpaired) electrons. The molecule has 3 atom stereocenters. The van der Waals surface area contributed by atoms with Crippen LogP contribution in [-0.2, 0) is 16.1 Å². The molecule has 1 saturated heterocycles. The van der Waals surface area contributed by atoms with E-state index in [0.717, 1.165) is 24.8 Å². The third-order valence-electron chi connectivity index (χ3n) is 4.25. The van der Waals surface area contributed by atoms with Crippen LogP contribution in [0.4, 0.5) is 4.79 Å². The van der Waals surface area contributed by atoms with Crippen LogP contribution in [-0.4, -0.2) is 34.2 Å². The van der Waals surface area contributed by atoms with Crippen LogP contribution < -0.4 is 0 Å². The van der Waals surface area contributed by atoms with E-state index in [2.05, 4.69) is 0 Å². The van der Waals surface area contributed by atoms with Gasteiger partial charge in [-0.25, -0.2) is 9.59 Å². The second-order valence-electron chi connectivity index (χ2n) is 5.46. The standard InChI is InChI=1S/C15H17NO4/c17-14(18)13-11-6-7-12(8-11)16(13)15(19)20-9-10-4-2-1-3-5-10/h1-5,11-13H,6-9H2,(H,17,18)/t11-,12+,13-/m0/s1. The highest BCUT2D eigenvalue weighted by Crippen LogP contribution is 2.42. The molecule has 2 fully saturated rings. The Bertz CT molecular complexity index is 516. The van der Waals surface area contributed by atoms with Crippen LogP contribution in [0.3, 0.4) is 0 Å². The molecule has 1 aromatic rings. The number of nitrogens with zero attached hydrogens (tertiary/aromatic N) is 1. The molecule has 106 valence electrons. The van der Waals surface area contributed by atoms with E-state index in [-0.39, 0.29) is 18.6 Å². The number of fused-ring (bicyclic) bond motifs is 2. The molecule has 1 amide bonds. The van der Waals surface area contributed by atoms with Gasteiger partial charge < -0.3 is 9.84 Å². The topological polar surface area (TPSA) is 66.8 Å². The van der Waals surface area contributed by atoms with Crippen molar-refractivity contribution >= 4 is 12.1 Å². The van der Waals surface area contributed by atoms with Gasteiger partial charge in [0, 0.05) is 6.04 Å². The first-order valence-electron chi connectivity index (χ1n) is 6.88. The third-order valence-corrected chi connectivity index (χ3v) is 4.25. The molecule has 0 spiro atoms. The summed E-state index contributed by atoms with van der Waals surface area (Å²) in [6.07, 6.45) is 2.06. The zero-order valence-corrected chi connectivity index (χ0v) is 11.1. The second-order valence-corrected chi connectivity index (χ2v) is 5.46. The summed E-state index contributed by atoms with van der Waals surface area (Å²) in [5.74, 6) is -0.837. The molecular weight excluding hydrogens is 258 g/mol. The number of amides is 1. The summed E-state index contributed by atoms with van der Waals surface area (Å²) < 4.78 is 5.27. The van der Waals surface area contributed by atoms with Crippen molar-refractivity contribution in [2.45, 2.75) is 38.0 Å². The number of carboxylic acid groups (broad SMARTS) is 1. The maximum atomic E-state index is 12.2. The molecule has 0 unspecified atom stereocenters. The number of hydrogen-bond donors (Lipinski definition) is 1. The first-order valence-corrected chi connectivity index (χ1v) is 6.88. The van der Waals surface area contributed by atoms with E-state index in [1.54, 1.807) is 0 Å². The summed E-state index contributed by atoms with van der Waals surface area (Å²) >= 11 is 0. The maximum absolute atomic E-state index is 12.2. The average Bonchev–Trinajstić information content (AvgIpc) is 3.06. The fraction of sp³-hybridized carbons (Fsp3) is 0.467. The number of carboxylic acids is 1. The van der Waals surface area contributed by atoms with Crippen LogP contribution in [0.2, 0.25) is 0 Å². The lowest BCUT2D eigenvalue weighted by atomic mass is 9.99. The lowest BCUT2D eigenvalue weighted by Crippen LogP contribution is -2.49. The SMILES string of the molecule is O=C(O)[C@@H]1[C@H]2CC[C@H](C2)N1C(=O)OCc1ccccc1. The number of aliphatic carboxylic acids is 1. The average molecular weight is 275 g/mol. The summed E-state index contributed by atoms with van der Waals surface area (Å²) in [5, 5.41) is 9.29. The van der Waals surface area contributed by atoms with Crippen LogP contribution >= 0.6 is 0 Å². The molecule has 1 saturated carbocycles. The van der Waals surface area contributed by atoms with Gasteiger partial charge in [0.1, 0.15) is 12.6 Å². The molecule has 1 aromatic carbocycles. The molecule has 20 heavy (non-hydrogen) atoms. The van der Waals surface area contributed by atoms with Crippen molar-refractivity contribution in [3.63, 3.8) is 0 Å². The highest BCUT2D eigenvalue weighted by molar-refractivity contribution is 5.81. The van der Waals surface area contributed by atoms with E-state index >= 15 is 0 Å². The zero-order valence-electron chi connectivity index (χ0n) is 11.1. The van der Waals surface area contributed by atoms with E-state index in [1.807, 2.05) is 30.3 Å². The summed E-state index contributed by atoms with van der Waals surface area (Å²) in [7, 11) is 0. The monoisotopic (exact) mass is 275 g/mol. The van der Waals surface area contributed by atoms with Crippen LogP contribution in [0.25, 0.3) is 0 Å². The molecule has 2 bridgehead atoms. The first-order chi connectivity index (χ1) is 9.66. The molecular formula is C15H17NO4. The van der Waals surface area contributed by atoms with Crippen molar-refractivity contribution in [3.8, 4) is 0 Å². The van der Waals surface area contributed by atoms with Crippen LogP contribution in [0, 0.1) is 5.92 Å². The molecule has 1 aliphatic carbocycles. The molecule has 2 aliphatic rings. The van der Waals surface area contributed by atoms with E-state index in [0.29, 0.717) is 0 Å². The number of hydrogen-bond acceptors (Lipinski definition) is 3. The Morgan fingerprint density at radius 3 is 2.70 bits per heavy atom. The van der Waals surface area contributed by atoms with Crippen molar-refractivity contribution in [1.82, 2.24) is 4.90 Å². The van der Waals surface area contributed by atoms with E-state index in [9.17, 15) is 14.7 Å². The Morgan fingerprint density at radius 2 is 2.00 bits per heavy atom. The Kier molecular flexibility index (Phi) is 3.34. The zero-order chi connectivity index (χ0) is 14.1. The Hall–Kier alpha value is -2.04. The van der Waals surface area contributed by atoms with Crippen LogP contribution in [0.1, 0.15) is 24.8 Å². The number of piperidine rings is 1. The van der Waals surface area contributed by atoms with Gasteiger partial charge in [0.05, 0.1) is 0 Å². The maximum Gasteiger partial charge on any atom is 0.411 e. The van der Waals surface area contributed by atoms with Crippen LogP contribution in [0.5, 0.6) is 0 Å².